The number of aliphatic hydroxyl groups excluding tert-OH is 1. The van der Waals surface area contributed by atoms with Gasteiger partial charge in [0.25, 0.3) is 0 Å². The fraction of sp³-hybridized carbons (Fsp3) is 0.333. The van der Waals surface area contributed by atoms with Gasteiger partial charge >= 0.3 is 6.18 Å². The van der Waals surface area contributed by atoms with Crippen molar-refractivity contribution in [2.75, 3.05) is 22.5 Å². The molecule has 29 heavy (non-hydrogen) atoms. The van der Waals surface area contributed by atoms with Gasteiger partial charge in [-0.25, -0.2) is 18.8 Å². The van der Waals surface area contributed by atoms with E-state index in [0.29, 0.717) is 6.42 Å². The number of anilines is 3. The number of fused-ring (bicyclic) bond motifs is 1. The summed E-state index contributed by atoms with van der Waals surface area (Å²) in [4.78, 5) is 8.69. The Hall–Kier alpha value is -2.95. The van der Waals surface area contributed by atoms with Crippen molar-refractivity contribution in [3.05, 3.63) is 41.5 Å². The molecule has 0 spiro atoms. The summed E-state index contributed by atoms with van der Waals surface area (Å²) in [5.41, 5.74) is 3.91. The van der Waals surface area contributed by atoms with Crippen molar-refractivity contribution in [3.63, 3.8) is 0 Å². The van der Waals surface area contributed by atoms with Crippen LogP contribution in [0, 0.1) is 11.6 Å². The third-order valence-corrected chi connectivity index (χ3v) is 4.31. The molecule has 1 aromatic heterocycles. The maximum absolute atomic E-state index is 13.8. The molecule has 0 fully saturated rings. The van der Waals surface area contributed by atoms with Gasteiger partial charge in [0, 0.05) is 24.7 Å². The molecular weight excluding hydrogens is 397 g/mol. The van der Waals surface area contributed by atoms with E-state index in [2.05, 4.69) is 15.3 Å². The van der Waals surface area contributed by atoms with Gasteiger partial charge in [-0.2, -0.15) is 13.2 Å². The van der Waals surface area contributed by atoms with E-state index in [1.54, 1.807) is 6.92 Å². The van der Waals surface area contributed by atoms with Gasteiger partial charge in [0.05, 0.1) is 5.69 Å². The molecule has 1 atom stereocenters. The molecule has 1 aliphatic heterocycles. The van der Waals surface area contributed by atoms with E-state index in [1.165, 1.54) is 12.1 Å². The highest BCUT2D eigenvalue weighted by Gasteiger charge is 2.46. The molecule has 0 saturated carbocycles. The first-order chi connectivity index (χ1) is 13.6. The normalized spacial score (nSPS) is 16.4. The number of nitrogens with two attached hydrogens (primary N) is 1. The molecule has 2 aromatic rings. The first kappa shape index (κ1) is 20.8. The van der Waals surface area contributed by atoms with Crippen molar-refractivity contribution in [1.29, 1.82) is 0 Å². The Morgan fingerprint density at radius 2 is 1.90 bits per heavy atom. The number of aliphatic imine (C=N–C) groups is 1. The summed E-state index contributed by atoms with van der Waals surface area (Å²) >= 11 is 0. The van der Waals surface area contributed by atoms with Gasteiger partial charge < -0.3 is 21.1 Å². The molecular formula is C18H18F5N5O. The van der Waals surface area contributed by atoms with Crippen LogP contribution in [0.4, 0.5) is 45.0 Å². The van der Waals surface area contributed by atoms with Gasteiger partial charge in [-0.3, -0.25) is 0 Å². The SMILES string of the molecule is CCCN1c2nc(NCc3c(F)cccc3F)cc(N)c2N=C(C(F)(F)F)C1O. The van der Waals surface area contributed by atoms with Crippen LogP contribution in [-0.4, -0.2) is 34.8 Å². The molecule has 3 rings (SSSR count). The van der Waals surface area contributed by atoms with Crippen LogP contribution in [0.15, 0.2) is 29.3 Å². The van der Waals surface area contributed by atoms with E-state index in [-0.39, 0.29) is 41.7 Å². The number of rotatable bonds is 5. The molecule has 2 heterocycles. The molecule has 1 aliphatic rings. The molecule has 4 N–H and O–H groups in total. The van der Waals surface area contributed by atoms with E-state index >= 15 is 0 Å². The summed E-state index contributed by atoms with van der Waals surface area (Å²) in [6.07, 6.45) is -6.48. The van der Waals surface area contributed by atoms with Crippen molar-refractivity contribution >= 4 is 28.7 Å². The smallest absolute Gasteiger partial charge is 0.397 e. The van der Waals surface area contributed by atoms with Crippen LogP contribution in [0.25, 0.3) is 0 Å². The number of hydrogen-bond donors (Lipinski definition) is 3. The highest BCUT2D eigenvalue weighted by molar-refractivity contribution is 6.02. The van der Waals surface area contributed by atoms with Gasteiger partial charge in [-0.15, -0.1) is 0 Å². The second-order valence-corrected chi connectivity index (χ2v) is 6.38. The number of aromatic nitrogens is 1. The Kier molecular flexibility index (Phi) is 5.60. The second kappa shape index (κ2) is 7.82. The number of benzene rings is 1. The fourth-order valence-electron chi connectivity index (χ4n) is 2.95. The van der Waals surface area contributed by atoms with Crippen LogP contribution in [0.2, 0.25) is 0 Å². The van der Waals surface area contributed by atoms with Crippen LogP contribution in [0.3, 0.4) is 0 Å². The number of nitrogens with zero attached hydrogens (tertiary/aromatic N) is 3. The molecule has 11 heteroatoms. The minimum atomic E-state index is -4.85. The Balaban J connectivity index is 1.99. The lowest BCUT2D eigenvalue weighted by Crippen LogP contribution is -2.49. The van der Waals surface area contributed by atoms with Crippen molar-refractivity contribution in [2.45, 2.75) is 32.3 Å². The van der Waals surface area contributed by atoms with E-state index in [9.17, 15) is 27.1 Å². The highest BCUT2D eigenvalue weighted by atomic mass is 19.4. The maximum atomic E-state index is 13.8. The van der Waals surface area contributed by atoms with E-state index in [0.717, 1.165) is 17.0 Å². The standard InChI is InChI=1S/C18H18F5N5O/c1-2-6-28-16-14(27-15(17(28)29)18(21,22)23)12(24)7-13(26-16)25-8-9-10(19)4-3-5-11(9)20/h3-5,7,17,29H,2,6,8H2,1H3,(H3,24,25,26). The third-order valence-electron chi connectivity index (χ3n) is 4.31. The van der Waals surface area contributed by atoms with Gasteiger partial charge in [-0.05, 0) is 18.6 Å². The fourth-order valence-corrected chi connectivity index (χ4v) is 2.95. The maximum Gasteiger partial charge on any atom is 0.433 e. The van der Waals surface area contributed by atoms with Crippen LogP contribution < -0.4 is 16.0 Å². The molecule has 0 bridgehead atoms. The van der Waals surface area contributed by atoms with Crippen LogP contribution in [0.5, 0.6) is 0 Å². The highest BCUT2D eigenvalue weighted by Crippen LogP contribution is 2.41. The molecule has 1 unspecified atom stereocenters. The summed E-state index contributed by atoms with van der Waals surface area (Å²) in [6.45, 7) is 1.51. The Morgan fingerprint density at radius 1 is 1.24 bits per heavy atom. The zero-order valence-electron chi connectivity index (χ0n) is 15.3. The van der Waals surface area contributed by atoms with Crippen molar-refractivity contribution < 1.29 is 27.1 Å². The Morgan fingerprint density at radius 3 is 2.48 bits per heavy atom. The van der Waals surface area contributed by atoms with Crippen LogP contribution in [-0.2, 0) is 6.54 Å². The largest absolute Gasteiger partial charge is 0.433 e. The average molecular weight is 415 g/mol. The molecule has 0 saturated heterocycles. The molecule has 156 valence electrons. The first-order valence-electron chi connectivity index (χ1n) is 8.71. The predicted molar refractivity (Wildman–Crippen MR) is 99.1 cm³/mol. The van der Waals surface area contributed by atoms with Crippen LogP contribution >= 0.6 is 0 Å². The lowest BCUT2D eigenvalue weighted by Gasteiger charge is -2.35. The summed E-state index contributed by atoms with van der Waals surface area (Å²) in [5, 5.41) is 12.9. The summed E-state index contributed by atoms with van der Waals surface area (Å²) < 4.78 is 67.3. The number of nitrogen functional groups attached to an aromatic ring is 1. The lowest BCUT2D eigenvalue weighted by atomic mass is 10.1. The molecule has 6 nitrogen and oxygen atoms in total. The number of aliphatic hydroxyl groups is 1. The number of alkyl halides is 3. The zero-order chi connectivity index (χ0) is 21.3. The zero-order valence-corrected chi connectivity index (χ0v) is 15.3. The number of pyridine rings is 1. The number of nitrogens with one attached hydrogen (secondary N) is 1. The monoisotopic (exact) mass is 415 g/mol. The second-order valence-electron chi connectivity index (χ2n) is 6.38. The van der Waals surface area contributed by atoms with Gasteiger partial charge in [-0.1, -0.05) is 13.0 Å². The Bertz CT molecular complexity index is 927. The summed E-state index contributed by atoms with van der Waals surface area (Å²) in [5.74, 6) is -1.50. The molecule has 0 amide bonds. The number of halogens is 5. The molecule has 1 aromatic carbocycles. The van der Waals surface area contributed by atoms with E-state index < -0.39 is 29.8 Å². The predicted octanol–water partition coefficient (Wildman–Crippen LogP) is 3.74. The quantitative estimate of drug-likeness (QED) is 0.648. The van der Waals surface area contributed by atoms with Crippen molar-refractivity contribution in [2.24, 2.45) is 4.99 Å². The van der Waals surface area contributed by atoms with Gasteiger partial charge in [0.1, 0.15) is 23.1 Å². The Labute approximate surface area is 162 Å². The van der Waals surface area contributed by atoms with Gasteiger partial charge in [0.2, 0.25) is 0 Å². The van der Waals surface area contributed by atoms with Crippen molar-refractivity contribution in [1.82, 2.24) is 4.98 Å². The van der Waals surface area contributed by atoms with Crippen LogP contribution in [0.1, 0.15) is 18.9 Å². The molecule has 0 aliphatic carbocycles. The van der Waals surface area contributed by atoms with E-state index in [1.807, 2.05) is 0 Å². The van der Waals surface area contributed by atoms with E-state index in [4.69, 9.17) is 5.73 Å². The third kappa shape index (κ3) is 4.09. The average Bonchev–Trinajstić information content (AvgIpc) is 2.62. The minimum absolute atomic E-state index is 0.0520. The summed E-state index contributed by atoms with van der Waals surface area (Å²) in [6, 6.07) is 4.64. The van der Waals surface area contributed by atoms with Gasteiger partial charge in [0.15, 0.2) is 17.8 Å². The lowest BCUT2D eigenvalue weighted by molar-refractivity contribution is -0.0665. The molecule has 0 radical (unpaired) electrons. The summed E-state index contributed by atoms with van der Waals surface area (Å²) in [7, 11) is 0. The first-order valence-corrected chi connectivity index (χ1v) is 8.71. The topological polar surface area (TPSA) is 86.8 Å². The number of hydrogen-bond acceptors (Lipinski definition) is 6. The minimum Gasteiger partial charge on any atom is -0.397 e. The van der Waals surface area contributed by atoms with Crippen molar-refractivity contribution in [3.8, 4) is 0 Å².